The molecule has 1 heterocycles. The largest absolute Gasteiger partial charge is 0.507 e. The molecular weight excluding hydrogens is 418 g/mol. The first-order valence-electron chi connectivity index (χ1n) is 11.6. The molecule has 1 unspecified atom stereocenters. The van der Waals surface area contributed by atoms with Gasteiger partial charge in [-0.2, -0.15) is 0 Å². The van der Waals surface area contributed by atoms with Crippen LogP contribution in [-0.4, -0.2) is 41.0 Å². The molecule has 0 aromatic heterocycles. The van der Waals surface area contributed by atoms with Gasteiger partial charge in [0.05, 0.1) is 24.8 Å². The zero-order valence-corrected chi connectivity index (χ0v) is 19.4. The van der Waals surface area contributed by atoms with Gasteiger partial charge >= 0.3 is 0 Å². The number of ketones is 1. The monoisotopic (exact) mass is 449 g/mol. The van der Waals surface area contributed by atoms with E-state index in [0.29, 0.717) is 17.1 Å². The maximum absolute atomic E-state index is 13.2. The van der Waals surface area contributed by atoms with Gasteiger partial charge in [0.1, 0.15) is 17.3 Å². The highest BCUT2D eigenvalue weighted by molar-refractivity contribution is 6.46. The number of hydrogen-bond donors (Lipinski definition) is 1. The molecule has 1 atom stereocenters. The van der Waals surface area contributed by atoms with Crippen molar-refractivity contribution in [3.63, 3.8) is 0 Å². The highest BCUT2D eigenvalue weighted by Gasteiger charge is 2.48. The molecule has 1 N–H and O–H groups in total. The first-order valence-corrected chi connectivity index (χ1v) is 11.6. The van der Waals surface area contributed by atoms with Crippen LogP contribution in [0.3, 0.4) is 0 Å². The van der Waals surface area contributed by atoms with Gasteiger partial charge < -0.3 is 19.5 Å². The molecule has 33 heavy (non-hydrogen) atoms. The Morgan fingerprint density at radius 1 is 0.939 bits per heavy atom. The third kappa shape index (κ3) is 4.61. The van der Waals surface area contributed by atoms with Crippen molar-refractivity contribution in [2.75, 3.05) is 7.11 Å². The Morgan fingerprint density at radius 2 is 1.55 bits per heavy atom. The van der Waals surface area contributed by atoms with Crippen LogP contribution in [0, 0.1) is 0 Å². The summed E-state index contributed by atoms with van der Waals surface area (Å²) in [6, 6.07) is 13.6. The van der Waals surface area contributed by atoms with Crippen molar-refractivity contribution in [1.82, 2.24) is 4.90 Å². The van der Waals surface area contributed by atoms with E-state index in [1.165, 1.54) is 0 Å². The molecule has 0 radical (unpaired) electrons. The summed E-state index contributed by atoms with van der Waals surface area (Å²) in [6.07, 6.45) is 4.95. The van der Waals surface area contributed by atoms with Gasteiger partial charge in [-0.05, 0) is 68.7 Å². The van der Waals surface area contributed by atoms with E-state index >= 15 is 0 Å². The van der Waals surface area contributed by atoms with E-state index in [0.717, 1.165) is 37.7 Å². The van der Waals surface area contributed by atoms with E-state index in [9.17, 15) is 14.7 Å². The normalized spacial score (nSPS) is 21.0. The summed E-state index contributed by atoms with van der Waals surface area (Å²) in [6.45, 7) is 3.88. The number of carbonyl (C=O) groups excluding carboxylic acids is 2. The summed E-state index contributed by atoms with van der Waals surface area (Å²) >= 11 is 0. The second-order valence-electron chi connectivity index (χ2n) is 8.96. The lowest BCUT2D eigenvalue weighted by molar-refractivity contribution is -0.141. The van der Waals surface area contributed by atoms with Gasteiger partial charge in [-0.25, -0.2) is 0 Å². The number of benzene rings is 2. The fraction of sp³-hybridized carbons (Fsp3) is 0.407. The van der Waals surface area contributed by atoms with E-state index in [1.54, 1.807) is 36.3 Å². The molecule has 0 spiro atoms. The van der Waals surface area contributed by atoms with E-state index in [2.05, 4.69) is 0 Å². The third-order valence-electron chi connectivity index (χ3n) is 6.38. The molecule has 1 amide bonds. The van der Waals surface area contributed by atoms with Crippen molar-refractivity contribution in [3.05, 3.63) is 65.2 Å². The molecule has 1 saturated carbocycles. The molecule has 2 aliphatic rings. The summed E-state index contributed by atoms with van der Waals surface area (Å²) < 4.78 is 11.0. The molecule has 1 saturated heterocycles. The van der Waals surface area contributed by atoms with Crippen LogP contribution in [0.25, 0.3) is 5.76 Å². The summed E-state index contributed by atoms with van der Waals surface area (Å²) in [7, 11) is 1.59. The van der Waals surface area contributed by atoms with Crippen molar-refractivity contribution in [2.24, 2.45) is 0 Å². The van der Waals surface area contributed by atoms with Crippen LogP contribution in [0.2, 0.25) is 0 Å². The number of likely N-dealkylation sites (tertiary alicyclic amines) is 1. The van der Waals surface area contributed by atoms with Gasteiger partial charge in [-0.3, -0.25) is 9.59 Å². The Bertz CT molecular complexity index is 1030. The van der Waals surface area contributed by atoms with Gasteiger partial charge in [0, 0.05) is 11.6 Å². The molecule has 174 valence electrons. The van der Waals surface area contributed by atoms with Crippen LogP contribution in [0.4, 0.5) is 0 Å². The van der Waals surface area contributed by atoms with Crippen LogP contribution < -0.4 is 9.47 Å². The summed E-state index contributed by atoms with van der Waals surface area (Å²) in [5, 5.41) is 11.2. The number of ether oxygens (including phenoxy) is 2. The fourth-order valence-corrected chi connectivity index (χ4v) is 4.82. The van der Waals surface area contributed by atoms with E-state index in [1.807, 2.05) is 38.1 Å². The molecule has 2 aromatic carbocycles. The zero-order chi connectivity index (χ0) is 23.5. The molecule has 6 heteroatoms. The number of nitrogens with zero attached hydrogens (tertiary/aromatic N) is 1. The minimum atomic E-state index is -0.638. The highest BCUT2D eigenvalue weighted by Crippen LogP contribution is 2.43. The van der Waals surface area contributed by atoms with Gasteiger partial charge in [0.2, 0.25) is 0 Å². The summed E-state index contributed by atoms with van der Waals surface area (Å²) in [5.74, 6) is 0.0269. The lowest BCUT2D eigenvalue weighted by Gasteiger charge is -2.35. The number of rotatable bonds is 6. The van der Waals surface area contributed by atoms with Crippen LogP contribution in [0.1, 0.15) is 63.1 Å². The van der Waals surface area contributed by atoms with Crippen molar-refractivity contribution < 1.29 is 24.2 Å². The molecule has 2 fully saturated rings. The Balaban J connectivity index is 1.79. The number of Topliss-reactive ketones (excluding diaryl/α,β-unsaturated/α-hetero) is 1. The Hall–Kier alpha value is -3.28. The fourth-order valence-electron chi connectivity index (χ4n) is 4.82. The Labute approximate surface area is 194 Å². The van der Waals surface area contributed by atoms with Crippen molar-refractivity contribution >= 4 is 17.4 Å². The number of amides is 1. The first kappa shape index (κ1) is 22.9. The topological polar surface area (TPSA) is 76.1 Å². The number of methoxy groups -OCH3 is 1. The molecular formula is C27H31NO5. The lowest BCUT2D eigenvalue weighted by atomic mass is 9.91. The molecule has 1 aliphatic carbocycles. The van der Waals surface area contributed by atoms with Gasteiger partial charge in [-0.1, -0.05) is 31.4 Å². The van der Waals surface area contributed by atoms with Crippen LogP contribution in [0.15, 0.2) is 54.1 Å². The predicted octanol–water partition coefficient (Wildman–Crippen LogP) is 5.24. The second-order valence-corrected chi connectivity index (χ2v) is 8.96. The smallest absolute Gasteiger partial charge is 0.295 e. The lowest BCUT2D eigenvalue weighted by Crippen LogP contribution is -2.40. The van der Waals surface area contributed by atoms with Crippen molar-refractivity contribution in [2.45, 2.75) is 64.1 Å². The maximum atomic E-state index is 13.2. The van der Waals surface area contributed by atoms with Gasteiger partial charge in [-0.15, -0.1) is 0 Å². The Morgan fingerprint density at radius 3 is 2.12 bits per heavy atom. The summed E-state index contributed by atoms with van der Waals surface area (Å²) in [4.78, 5) is 28.2. The number of hydrogen-bond acceptors (Lipinski definition) is 5. The Kier molecular flexibility index (Phi) is 6.72. The number of carbonyl (C=O) groups is 2. The van der Waals surface area contributed by atoms with E-state index in [4.69, 9.17) is 9.47 Å². The van der Waals surface area contributed by atoms with Gasteiger partial charge in [0.25, 0.3) is 11.7 Å². The molecule has 6 nitrogen and oxygen atoms in total. The minimum absolute atomic E-state index is 0.0191. The standard InChI is InChI=1S/C27H31NO5/c1-17(2)33-22-15-11-19(12-16-22)25(29)23-24(18-9-13-21(32-3)14-10-18)28(27(31)26(23)30)20-7-5-4-6-8-20/h9-17,20,24,29H,4-8H2,1-3H3/b25-23-. The summed E-state index contributed by atoms with van der Waals surface area (Å²) in [5.41, 5.74) is 1.39. The zero-order valence-electron chi connectivity index (χ0n) is 19.4. The SMILES string of the molecule is COc1ccc(C2/C(=C(/O)c3ccc(OC(C)C)cc3)C(=O)C(=O)N2C2CCCCC2)cc1. The van der Waals surface area contributed by atoms with Crippen LogP contribution in [-0.2, 0) is 9.59 Å². The first-order chi connectivity index (χ1) is 15.9. The quantitative estimate of drug-likeness (QED) is 0.371. The second kappa shape index (κ2) is 9.69. The molecule has 0 bridgehead atoms. The molecule has 2 aromatic rings. The third-order valence-corrected chi connectivity index (χ3v) is 6.38. The van der Waals surface area contributed by atoms with Crippen LogP contribution >= 0.6 is 0 Å². The van der Waals surface area contributed by atoms with Crippen molar-refractivity contribution in [3.8, 4) is 11.5 Å². The number of aliphatic hydroxyl groups is 1. The van der Waals surface area contributed by atoms with Crippen LogP contribution in [0.5, 0.6) is 11.5 Å². The highest BCUT2D eigenvalue weighted by atomic mass is 16.5. The maximum Gasteiger partial charge on any atom is 0.295 e. The molecule has 1 aliphatic heterocycles. The van der Waals surface area contributed by atoms with Crippen molar-refractivity contribution in [1.29, 1.82) is 0 Å². The average Bonchev–Trinajstić information content (AvgIpc) is 3.10. The van der Waals surface area contributed by atoms with E-state index in [-0.39, 0.29) is 23.5 Å². The van der Waals surface area contributed by atoms with Gasteiger partial charge in [0.15, 0.2) is 0 Å². The predicted molar refractivity (Wildman–Crippen MR) is 126 cm³/mol. The van der Waals surface area contributed by atoms with E-state index < -0.39 is 17.7 Å². The minimum Gasteiger partial charge on any atom is -0.507 e. The average molecular weight is 450 g/mol. The number of aliphatic hydroxyl groups excluding tert-OH is 1. The molecule has 4 rings (SSSR count).